The lowest BCUT2D eigenvalue weighted by molar-refractivity contribution is -0.124. The molecule has 0 saturated carbocycles. The standard InChI is InChI=1S/C17H21N3OS/c1-11(2)17-19-14(10-22-17)9-20-8-13-6-4-3-5-12(13)7-15(20)16(18)21/h3-6,10-11,15H,7-9H2,1-2H3,(H2,18,21)/t15-/m1/s1. The summed E-state index contributed by atoms with van der Waals surface area (Å²) >= 11 is 1.69. The van der Waals surface area contributed by atoms with Crippen LogP contribution in [-0.2, 0) is 24.3 Å². The molecule has 1 aliphatic rings. The Labute approximate surface area is 135 Å². The quantitative estimate of drug-likeness (QED) is 0.943. The first-order chi connectivity index (χ1) is 10.5. The fourth-order valence-electron chi connectivity index (χ4n) is 2.89. The lowest BCUT2D eigenvalue weighted by Gasteiger charge is -2.34. The van der Waals surface area contributed by atoms with Crippen LogP contribution < -0.4 is 5.73 Å². The predicted octanol–water partition coefficient (Wildman–Crippen LogP) is 2.68. The van der Waals surface area contributed by atoms with Gasteiger partial charge >= 0.3 is 0 Å². The molecule has 0 unspecified atom stereocenters. The van der Waals surface area contributed by atoms with Gasteiger partial charge < -0.3 is 5.73 Å². The van der Waals surface area contributed by atoms with Crippen molar-refractivity contribution >= 4 is 17.2 Å². The number of benzene rings is 1. The number of aromatic nitrogens is 1. The summed E-state index contributed by atoms with van der Waals surface area (Å²) in [6, 6.07) is 8.02. The molecule has 1 amide bonds. The normalized spacial score (nSPS) is 18.4. The van der Waals surface area contributed by atoms with Gasteiger partial charge in [0.25, 0.3) is 0 Å². The third-order valence-corrected chi connectivity index (χ3v) is 5.30. The number of amides is 1. The van der Waals surface area contributed by atoms with Crippen molar-refractivity contribution in [3.63, 3.8) is 0 Å². The van der Waals surface area contributed by atoms with E-state index in [1.54, 1.807) is 11.3 Å². The highest BCUT2D eigenvalue weighted by Crippen LogP contribution is 2.26. The molecule has 3 rings (SSSR count). The maximum atomic E-state index is 11.8. The van der Waals surface area contributed by atoms with Gasteiger partial charge in [0.15, 0.2) is 0 Å². The largest absolute Gasteiger partial charge is 0.368 e. The van der Waals surface area contributed by atoms with Crippen LogP contribution >= 0.6 is 11.3 Å². The number of carbonyl (C=O) groups is 1. The number of hydrogen-bond acceptors (Lipinski definition) is 4. The van der Waals surface area contributed by atoms with Crippen molar-refractivity contribution in [3.05, 3.63) is 51.5 Å². The van der Waals surface area contributed by atoms with Crippen LogP contribution in [0.15, 0.2) is 29.6 Å². The average Bonchev–Trinajstić information content (AvgIpc) is 2.95. The first-order valence-electron chi connectivity index (χ1n) is 7.59. The topological polar surface area (TPSA) is 59.2 Å². The van der Waals surface area contributed by atoms with E-state index in [2.05, 4.69) is 41.2 Å². The van der Waals surface area contributed by atoms with Crippen LogP contribution in [-0.4, -0.2) is 21.8 Å². The number of fused-ring (bicyclic) bond motifs is 1. The first-order valence-corrected chi connectivity index (χ1v) is 8.47. The minimum Gasteiger partial charge on any atom is -0.368 e. The lowest BCUT2D eigenvalue weighted by atomic mass is 9.93. The van der Waals surface area contributed by atoms with Crippen LogP contribution in [0, 0.1) is 0 Å². The third-order valence-electron chi connectivity index (χ3n) is 4.10. The molecule has 22 heavy (non-hydrogen) atoms. The summed E-state index contributed by atoms with van der Waals surface area (Å²) in [7, 11) is 0. The molecular weight excluding hydrogens is 294 g/mol. The summed E-state index contributed by atoms with van der Waals surface area (Å²) in [6.45, 7) is 5.71. The molecule has 2 aromatic rings. The van der Waals surface area contributed by atoms with Gasteiger partial charge in [0.2, 0.25) is 5.91 Å². The SMILES string of the molecule is CC(C)c1nc(CN2Cc3ccccc3C[C@@H]2C(N)=O)cs1. The van der Waals surface area contributed by atoms with Gasteiger partial charge in [-0.05, 0) is 17.5 Å². The Morgan fingerprint density at radius 2 is 2.14 bits per heavy atom. The molecule has 116 valence electrons. The maximum Gasteiger partial charge on any atom is 0.235 e. The fourth-order valence-corrected chi connectivity index (χ4v) is 3.72. The van der Waals surface area contributed by atoms with Crippen LogP contribution in [0.5, 0.6) is 0 Å². The number of nitrogens with two attached hydrogens (primary N) is 1. The summed E-state index contributed by atoms with van der Waals surface area (Å²) in [4.78, 5) is 18.7. The minimum atomic E-state index is -0.256. The smallest absolute Gasteiger partial charge is 0.235 e. The van der Waals surface area contributed by atoms with E-state index < -0.39 is 0 Å². The van der Waals surface area contributed by atoms with E-state index in [0.717, 1.165) is 17.2 Å². The molecule has 5 heteroatoms. The zero-order valence-corrected chi connectivity index (χ0v) is 13.8. The summed E-state index contributed by atoms with van der Waals surface area (Å²) in [5, 5.41) is 3.23. The summed E-state index contributed by atoms with van der Waals surface area (Å²) in [6.07, 6.45) is 0.687. The highest BCUT2D eigenvalue weighted by Gasteiger charge is 2.30. The van der Waals surface area contributed by atoms with Crippen molar-refractivity contribution in [3.8, 4) is 0 Å². The molecule has 0 bridgehead atoms. The Balaban J connectivity index is 1.82. The molecule has 0 radical (unpaired) electrons. The monoisotopic (exact) mass is 315 g/mol. The summed E-state index contributed by atoms with van der Waals surface area (Å²) in [5.74, 6) is 0.182. The molecule has 4 nitrogen and oxygen atoms in total. The van der Waals surface area contributed by atoms with E-state index in [-0.39, 0.29) is 11.9 Å². The van der Waals surface area contributed by atoms with Crippen LogP contribution in [0.25, 0.3) is 0 Å². The van der Waals surface area contributed by atoms with Crippen LogP contribution in [0.2, 0.25) is 0 Å². The van der Waals surface area contributed by atoms with E-state index in [0.29, 0.717) is 18.9 Å². The van der Waals surface area contributed by atoms with Crippen molar-refractivity contribution in [2.75, 3.05) is 0 Å². The molecule has 0 fully saturated rings. The molecular formula is C17H21N3OS. The number of rotatable bonds is 4. The molecule has 2 N–H and O–H groups in total. The lowest BCUT2D eigenvalue weighted by Crippen LogP contribution is -2.48. The number of carbonyl (C=O) groups excluding carboxylic acids is 1. The highest BCUT2D eigenvalue weighted by molar-refractivity contribution is 7.09. The van der Waals surface area contributed by atoms with Gasteiger partial charge in [0, 0.05) is 24.4 Å². The van der Waals surface area contributed by atoms with E-state index in [1.165, 1.54) is 11.1 Å². The fraction of sp³-hybridized carbons (Fsp3) is 0.412. The van der Waals surface area contributed by atoms with Gasteiger partial charge in [-0.1, -0.05) is 38.1 Å². The predicted molar refractivity (Wildman–Crippen MR) is 88.6 cm³/mol. The van der Waals surface area contributed by atoms with E-state index in [1.807, 2.05) is 12.1 Å². The Morgan fingerprint density at radius 3 is 2.77 bits per heavy atom. The molecule has 1 atom stereocenters. The Morgan fingerprint density at radius 1 is 1.41 bits per heavy atom. The van der Waals surface area contributed by atoms with Crippen LogP contribution in [0.3, 0.4) is 0 Å². The van der Waals surface area contributed by atoms with Gasteiger partial charge in [0.1, 0.15) is 0 Å². The van der Waals surface area contributed by atoms with Gasteiger partial charge in [-0.3, -0.25) is 9.69 Å². The number of nitrogens with zero attached hydrogens (tertiary/aromatic N) is 2. The molecule has 1 aliphatic heterocycles. The minimum absolute atomic E-state index is 0.251. The second-order valence-electron chi connectivity index (χ2n) is 6.13. The molecule has 0 saturated heterocycles. The van der Waals surface area contributed by atoms with Crippen molar-refractivity contribution in [2.45, 2.75) is 45.3 Å². The number of primary amides is 1. The molecule has 0 spiro atoms. The Bertz CT molecular complexity index is 680. The number of thiazole rings is 1. The van der Waals surface area contributed by atoms with Gasteiger partial charge in [-0.15, -0.1) is 11.3 Å². The van der Waals surface area contributed by atoms with Crippen LogP contribution in [0.1, 0.15) is 41.6 Å². The van der Waals surface area contributed by atoms with Crippen molar-refractivity contribution in [1.82, 2.24) is 9.88 Å². The highest BCUT2D eigenvalue weighted by atomic mass is 32.1. The number of hydrogen-bond donors (Lipinski definition) is 1. The maximum absolute atomic E-state index is 11.8. The zero-order valence-electron chi connectivity index (χ0n) is 13.0. The molecule has 0 aliphatic carbocycles. The van der Waals surface area contributed by atoms with Crippen molar-refractivity contribution < 1.29 is 4.79 Å². The first kappa shape index (κ1) is 15.2. The van der Waals surface area contributed by atoms with Gasteiger partial charge in [-0.25, -0.2) is 4.98 Å². The van der Waals surface area contributed by atoms with Gasteiger partial charge in [0.05, 0.1) is 16.7 Å². The van der Waals surface area contributed by atoms with Crippen molar-refractivity contribution in [2.24, 2.45) is 5.73 Å². The van der Waals surface area contributed by atoms with E-state index in [9.17, 15) is 4.79 Å². The molecule has 1 aromatic carbocycles. The zero-order chi connectivity index (χ0) is 15.7. The second-order valence-corrected chi connectivity index (χ2v) is 7.02. The summed E-state index contributed by atoms with van der Waals surface area (Å²) < 4.78 is 0. The summed E-state index contributed by atoms with van der Waals surface area (Å²) in [5.41, 5.74) is 9.15. The van der Waals surface area contributed by atoms with E-state index >= 15 is 0 Å². The van der Waals surface area contributed by atoms with Gasteiger partial charge in [-0.2, -0.15) is 0 Å². The Kier molecular flexibility index (Phi) is 4.27. The Hall–Kier alpha value is -1.72. The van der Waals surface area contributed by atoms with E-state index in [4.69, 9.17) is 5.73 Å². The molecule has 2 heterocycles. The third kappa shape index (κ3) is 3.05. The van der Waals surface area contributed by atoms with Crippen molar-refractivity contribution in [1.29, 1.82) is 0 Å². The average molecular weight is 315 g/mol. The second kappa shape index (κ2) is 6.18. The molecule has 1 aromatic heterocycles. The van der Waals surface area contributed by atoms with Crippen LogP contribution in [0.4, 0.5) is 0 Å².